The van der Waals surface area contributed by atoms with Crippen molar-refractivity contribution in [1.82, 2.24) is 15.1 Å². The summed E-state index contributed by atoms with van der Waals surface area (Å²) < 4.78 is 4.27. The maximum absolute atomic E-state index is 12.8. The first kappa shape index (κ1) is 21.5. The maximum atomic E-state index is 12.8. The van der Waals surface area contributed by atoms with E-state index in [-0.39, 0.29) is 16.2 Å². The molecule has 3 rings (SSSR count). The number of ether oxygens (including phenoxy) is 1. The highest BCUT2D eigenvalue weighted by Crippen LogP contribution is 2.42. The molecule has 0 bridgehead atoms. The molecule has 2 aromatic rings. The van der Waals surface area contributed by atoms with E-state index in [0.717, 1.165) is 23.3 Å². The number of aryl methyl sites for hydroxylation is 1. The minimum atomic E-state index is -1.71. The van der Waals surface area contributed by atoms with Crippen molar-refractivity contribution in [3.63, 3.8) is 0 Å². The number of nitrogens with zero attached hydrogens (tertiary/aromatic N) is 4. The van der Waals surface area contributed by atoms with E-state index in [0.29, 0.717) is 18.0 Å². The molecule has 1 fully saturated rings. The van der Waals surface area contributed by atoms with E-state index in [4.69, 9.17) is 51.8 Å². The Bertz CT molecular complexity index is 870. The first-order valence-electron chi connectivity index (χ1n) is 8.45. The van der Waals surface area contributed by atoms with E-state index in [1.165, 1.54) is 10.5 Å². The fourth-order valence-corrected chi connectivity index (χ4v) is 4.10. The highest BCUT2D eigenvalue weighted by molar-refractivity contribution is 7.80. The number of benzene rings is 1. The van der Waals surface area contributed by atoms with Gasteiger partial charge in [-0.3, -0.25) is 0 Å². The van der Waals surface area contributed by atoms with Crippen LogP contribution >= 0.6 is 58.4 Å². The summed E-state index contributed by atoms with van der Waals surface area (Å²) >= 11 is 24.1. The number of urea groups is 1. The van der Waals surface area contributed by atoms with E-state index in [1.807, 2.05) is 24.3 Å². The quantitative estimate of drug-likeness (QED) is 0.461. The molecule has 1 aliphatic rings. The van der Waals surface area contributed by atoms with Crippen molar-refractivity contribution in [2.75, 3.05) is 18.5 Å². The van der Waals surface area contributed by atoms with E-state index < -0.39 is 10.0 Å². The number of alkyl halides is 3. The van der Waals surface area contributed by atoms with Gasteiger partial charge in [-0.1, -0.05) is 77.3 Å². The van der Waals surface area contributed by atoms with Crippen LogP contribution in [-0.2, 0) is 15.0 Å². The molecule has 1 aromatic carbocycles. The monoisotopic (exact) mass is 478 g/mol. The fraction of sp³-hybridized carbons (Fsp3) is 0.412. The highest BCUT2D eigenvalue weighted by Gasteiger charge is 2.38. The summed E-state index contributed by atoms with van der Waals surface area (Å²) in [6, 6.07) is 7.54. The summed E-state index contributed by atoms with van der Waals surface area (Å²) in [5.41, 5.74) is 1.98. The molecule has 0 spiro atoms. The van der Waals surface area contributed by atoms with Gasteiger partial charge in [0.15, 0.2) is 16.3 Å². The molecule has 1 aliphatic heterocycles. The van der Waals surface area contributed by atoms with E-state index in [9.17, 15) is 4.79 Å². The lowest BCUT2D eigenvalue weighted by Crippen LogP contribution is -2.54. The summed E-state index contributed by atoms with van der Waals surface area (Å²) in [5, 5.41) is 8.66. The maximum Gasteiger partial charge on any atom is 0.329 e. The predicted molar refractivity (Wildman–Crippen MR) is 117 cm³/mol. The van der Waals surface area contributed by atoms with Crippen molar-refractivity contribution in [2.45, 2.75) is 29.8 Å². The van der Waals surface area contributed by atoms with Gasteiger partial charge in [-0.2, -0.15) is 0 Å². The van der Waals surface area contributed by atoms with Crippen LogP contribution in [-0.4, -0.2) is 46.0 Å². The number of hydrogen-bond donors (Lipinski definition) is 0. The van der Waals surface area contributed by atoms with Crippen LogP contribution in [0.3, 0.4) is 0 Å². The Morgan fingerprint density at radius 3 is 2.57 bits per heavy atom. The number of amides is 2. The summed E-state index contributed by atoms with van der Waals surface area (Å²) in [6.07, 6.45) is 0.851. The lowest BCUT2D eigenvalue weighted by molar-refractivity contribution is 0.128. The number of anilines is 1. The van der Waals surface area contributed by atoms with Gasteiger partial charge in [0.1, 0.15) is 0 Å². The van der Waals surface area contributed by atoms with Gasteiger partial charge in [-0.15, -0.1) is 10.2 Å². The van der Waals surface area contributed by atoms with Crippen LogP contribution in [0.2, 0.25) is 0 Å². The summed E-state index contributed by atoms with van der Waals surface area (Å²) in [6.45, 7) is 2.60. The molecule has 1 atom stereocenters. The molecule has 1 unspecified atom stereocenters. The molecular weight excluding hydrogens is 463 g/mol. The second-order valence-electron chi connectivity index (χ2n) is 6.16. The van der Waals surface area contributed by atoms with Gasteiger partial charge < -0.3 is 9.64 Å². The van der Waals surface area contributed by atoms with Crippen molar-refractivity contribution >= 4 is 74.6 Å². The van der Waals surface area contributed by atoms with Crippen LogP contribution in [0.4, 0.5) is 9.93 Å². The molecule has 0 saturated carbocycles. The van der Waals surface area contributed by atoms with Gasteiger partial charge in [-0.05, 0) is 24.2 Å². The lowest BCUT2D eigenvalue weighted by atomic mass is 10.1. The van der Waals surface area contributed by atoms with Crippen molar-refractivity contribution in [3.05, 3.63) is 40.4 Å². The lowest BCUT2D eigenvalue weighted by Gasteiger charge is -2.37. The van der Waals surface area contributed by atoms with Gasteiger partial charge in [-0.25, -0.2) is 9.69 Å². The first-order chi connectivity index (χ1) is 13.2. The third kappa shape index (κ3) is 4.68. The third-order valence-electron chi connectivity index (χ3n) is 4.24. The van der Waals surface area contributed by atoms with Gasteiger partial charge in [0.05, 0.1) is 0 Å². The molecule has 28 heavy (non-hydrogen) atoms. The molecule has 6 nitrogen and oxygen atoms in total. The Balaban J connectivity index is 1.84. The molecule has 11 heteroatoms. The predicted octanol–water partition coefficient (Wildman–Crippen LogP) is 4.91. The zero-order valence-electron chi connectivity index (χ0n) is 15.1. The number of aromatic nitrogens is 2. The topological polar surface area (TPSA) is 58.6 Å². The van der Waals surface area contributed by atoms with Crippen molar-refractivity contribution in [3.8, 4) is 0 Å². The Morgan fingerprint density at radius 2 is 2.00 bits per heavy atom. The Labute approximate surface area is 187 Å². The minimum Gasteiger partial charge on any atom is -0.459 e. The summed E-state index contributed by atoms with van der Waals surface area (Å²) in [5.74, 6) is 0. The summed E-state index contributed by atoms with van der Waals surface area (Å²) in [4.78, 5) is 15.7. The normalized spacial score (nSPS) is 17.8. The first-order valence-corrected chi connectivity index (χ1v) is 10.8. The molecule has 1 aromatic heterocycles. The Morgan fingerprint density at radius 1 is 1.32 bits per heavy atom. The number of carbonyl (C=O) groups excluding carboxylic acids is 1. The zero-order valence-corrected chi connectivity index (χ0v) is 19.0. The average molecular weight is 480 g/mol. The molecule has 1 saturated heterocycles. The minimum absolute atomic E-state index is 0.171. The van der Waals surface area contributed by atoms with Crippen LogP contribution in [0.15, 0.2) is 24.3 Å². The number of thiocarbonyl (C=S) groups is 1. The van der Waals surface area contributed by atoms with Crippen LogP contribution in [0.25, 0.3) is 0 Å². The molecule has 150 valence electrons. The largest absolute Gasteiger partial charge is 0.459 e. The Hall–Kier alpha value is -1.19. The van der Waals surface area contributed by atoms with E-state index in [2.05, 4.69) is 17.1 Å². The number of carbonyl (C=O) groups is 1. The number of hydrogen-bond acceptors (Lipinski definition) is 6. The van der Waals surface area contributed by atoms with Crippen LogP contribution in [0.1, 0.15) is 29.5 Å². The Kier molecular flexibility index (Phi) is 6.66. The van der Waals surface area contributed by atoms with Crippen LogP contribution in [0, 0.1) is 0 Å². The second-order valence-corrected chi connectivity index (χ2v) is 9.77. The van der Waals surface area contributed by atoms with Gasteiger partial charge >= 0.3 is 6.03 Å². The number of halogens is 3. The van der Waals surface area contributed by atoms with E-state index in [1.54, 1.807) is 11.9 Å². The smallest absolute Gasteiger partial charge is 0.329 e. The third-order valence-corrected chi connectivity index (χ3v) is 6.48. The molecule has 0 aliphatic carbocycles. The standard InChI is InChI=1S/C17H17Cl3N4O2S2/c1-3-10-4-6-11(7-5-10)13(27)26-12-8-9-23(2)16(25)24(12)15-22-21-14(28-15)17(18,19)20/h4-7,12H,3,8-9H2,1-2H3. The fourth-order valence-electron chi connectivity index (χ4n) is 2.65. The van der Waals surface area contributed by atoms with Gasteiger partial charge in [0.2, 0.25) is 8.92 Å². The van der Waals surface area contributed by atoms with Crippen molar-refractivity contribution in [2.24, 2.45) is 0 Å². The molecule has 2 amide bonds. The average Bonchev–Trinajstić information content (AvgIpc) is 3.15. The second kappa shape index (κ2) is 8.67. The van der Waals surface area contributed by atoms with Crippen LogP contribution in [0.5, 0.6) is 0 Å². The molecule has 0 N–H and O–H groups in total. The summed E-state index contributed by atoms with van der Waals surface area (Å²) in [7, 11) is 1.70. The SMILES string of the molecule is CCc1ccc(C(=S)OC2CCN(C)C(=O)N2c2nnc(C(Cl)(Cl)Cl)s2)cc1. The zero-order chi connectivity index (χ0) is 20.5. The molecular formula is C17H17Cl3N4O2S2. The van der Waals surface area contributed by atoms with Crippen molar-refractivity contribution < 1.29 is 9.53 Å². The molecule has 0 radical (unpaired) electrons. The van der Waals surface area contributed by atoms with Crippen molar-refractivity contribution in [1.29, 1.82) is 0 Å². The highest BCUT2D eigenvalue weighted by atomic mass is 35.6. The van der Waals surface area contributed by atoms with Crippen LogP contribution < -0.4 is 4.90 Å². The van der Waals surface area contributed by atoms with Gasteiger partial charge in [0.25, 0.3) is 0 Å². The van der Waals surface area contributed by atoms with Gasteiger partial charge in [0, 0.05) is 25.6 Å². The molecule has 2 heterocycles. The number of rotatable bonds is 4. The van der Waals surface area contributed by atoms with E-state index >= 15 is 0 Å².